The lowest BCUT2D eigenvalue weighted by atomic mass is 10.1. The fourth-order valence-electron chi connectivity index (χ4n) is 3.31. The summed E-state index contributed by atoms with van der Waals surface area (Å²) in [6, 6.07) is 17.6. The van der Waals surface area contributed by atoms with E-state index < -0.39 is 10.2 Å². The van der Waals surface area contributed by atoms with E-state index >= 15 is 0 Å². The van der Waals surface area contributed by atoms with Crippen molar-refractivity contribution in [3.05, 3.63) is 66.2 Å². The monoisotopic (exact) mass is 396 g/mol. The van der Waals surface area contributed by atoms with E-state index in [1.54, 1.807) is 24.3 Å². The minimum absolute atomic E-state index is 0.277. The molecule has 4 rings (SSSR count). The zero-order valence-electron chi connectivity index (χ0n) is 15.1. The highest BCUT2D eigenvalue weighted by Gasteiger charge is 2.25. The van der Waals surface area contributed by atoms with Gasteiger partial charge in [-0.15, -0.1) is 0 Å². The van der Waals surface area contributed by atoms with Crippen LogP contribution in [-0.4, -0.2) is 27.4 Å². The van der Waals surface area contributed by atoms with E-state index in [0.717, 1.165) is 17.2 Å². The van der Waals surface area contributed by atoms with E-state index in [9.17, 15) is 13.2 Å². The number of carbonyl (C=O) groups is 1. The number of nitrogens with zero attached hydrogens (tertiary/aromatic N) is 1. The van der Waals surface area contributed by atoms with Crippen LogP contribution in [0.15, 0.2) is 60.7 Å². The number of rotatable bonds is 3. The van der Waals surface area contributed by atoms with Gasteiger partial charge in [-0.2, -0.15) is 13.1 Å². The highest BCUT2D eigenvalue weighted by molar-refractivity contribution is 7.90. The summed E-state index contributed by atoms with van der Waals surface area (Å²) >= 11 is 0. The molecule has 1 aliphatic heterocycles. The third kappa shape index (κ3) is 3.39. The van der Waals surface area contributed by atoms with Crippen LogP contribution in [-0.2, 0) is 10.2 Å². The van der Waals surface area contributed by atoms with E-state index in [2.05, 4.69) is 10.0 Å². The maximum atomic E-state index is 12.7. The van der Waals surface area contributed by atoms with Crippen molar-refractivity contribution in [1.82, 2.24) is 4.72 Å². The predicted octanol–water partition coefficient (Wildman–Crippen LogP) is 2.72. The molecular formula is C20H20N4O3S. The Balaban J connectivity index is 1.57. The summed E-state index contributed by atoms with van der Waals surface area (Å²) in [6.07, 6.45) is 0.728. The Morgan fingerprint density at radius 1 is 1.00 bits per heavy atom. The van der Waals surface area contributed by atoms with Crippen LogP contribution in [0.25, 0.3) is 10.8 Å². The molecule has 0 saturated carbocycles. The maximum Gasteiger partial charge on any atom is 0.301 e. The molecule has 1 aliphatic rings. The Bertz CT molecular complexity index is 1140. The van der Waals surface area contributed by atoms with E-state index in [-0.39, 0.29) is 5.91 Å². The summed E-state index contributed by atoms with van der Waals surface area (Å²) in [6.45, 7) is 0.854. The number of fused-ring (bicyclic) bond motifs is 1. The zero-order valence-corrected chi connectivity index (χ0v) is 15.9. The Hall–Kier alpha value is -3.10. The van der Waals surface area contributed by atoms with Crippen molar-refractivity contribution in [1.29, 1.82) is 0 Å². The van der Waals surface area contributed by atoms with Gasteiger partial charge in [-0.3, -0.25) is 9.10 Å². The molecule has 3 aromatic rings. The Kier molecular flexibility index (Phi) is 4.66. The molecule has 144 valence electrons. The molecule has 4 N–H and O–H groups in total. The Morgan fingerprint density at radius 2 is 1.71 bits per heavy atom. The summed E-state index contributed by atoms with van der Waals surface area (Å²) in [4.78, 5) is 12.7. The van der Waals surface area contributed by atoms with Crippen LogP contribution >= 0.6 is 0 Å². The van der Waals surface area contributed by atoms with Gasteiger partial charge in [0, 0.05) is 40.8 Å². The number of nitrogens with one attached hydrogen (secondary N) is 2. The van der Waals surface area contributed by atoms with E-state index in [4.69, 9.17) is 5.73 Å². The van der Waals surface area contributed by atoms with Gasteiger partial charge in [-0.05, 0) is 42.8 Å². The summed E-state index contributed by atoms with van der Waals surface area (Å²) in [5, 5.41) is 4.64. The first-order valence-corrected chi connectivity index (χ1v) is 10.4. The molecular weight excluding hydrogens is 376 g/mol. The highest BCUT2D eigenvalue weighted by Crippen LogP contribution is 2.28. The van der Waals surface area contributed by atoms with E-state index in [1.165, 1.54) is 4.31 Å². The van der Waals surface area contributed by atoms with Crippen molar-refractivity contribution < 1.29 is 13.2 Å². The van der Waals surface area contributed by atoms with Crippen molar-refractivity contribution in [2.75, 3.05) is 28.4 Å². The lowest BCUT2D eigenvalue weighted by Gasteiger charge is -2.28. The number of anilines is 3. The molecule has 8 heteroatoms. The molecule has 0 unspecified atom stereocenters. The first-order chi connectivity index (χ1) is 13.5. The van der Waals surface area contributed by atoms with Gasteiger partial charge in [0.2, 0.25) is 0 Å². The van der Waals surface area contributed by atoms with Gasteiger partial charge in [0.1, 0.15) is 0 Å². The number of benzene rings is 3. The number of nitrogens with two attached hydrogens (primary N) is 1. The quantitative estimate of drug-likeness (QED) is 0.592. The van der Waals surface area contributed by atoms with Crippen LogP contribution in [0.1, 0.15) is 16.8 Å². The first kappa shape index (κ1) is 18.3. The van der Waals surface area contributed by atoms with Crippen LogP contribution in [0.5, 0.6) is 0 Å². The van der Waals surface area contributed by atoms with Crippen molar-refractivity contribution in [3.63, 3.8) is 0 Å². The van der Waals surface area contributed by atoms with Crippen LogP contribution in [0.2, 0.25) is 0 Å². The molecule has 0 radical (unpaired) electrons. The number of hydrogen-bond acceptors (Lipinski definition) is 4. The molecule has 0 aromatic heterocycles. The smallest absolute Gasteiger partial charge is 0.301 e. The minimum atomic E-state index is -3.52. The fourth-order valence-corrected chi connectivity index (χ4v) is 4.63. The lowest BCUT2D eigenvalue weighted by Crippen LogP contribution is -2.47. The van der Waals surface area contributed by atoms with Gasteiger partial charge >= 0.3 is 10.2 Å². The van der Waals surface area contributed by atoms with Crippen LogP contribution in [0.3, 0.4) is 0 Å². The molecule has 0 aliphatic carbocycles. The average molecular weight is 396 g/mol. The van der Waals surface area contributed by atoms with Crippen molar-refractivity contribution >= 4 is 44.0 Å². The van der Waals surface area contributed by atoms with Crippen molar-refractivity contribution in [2.24, 2.45) is 0 Å². The fraction of sp³-hybridized carbons (Fsp3) is 0.150. The minimum Gasteiger partial charge on any atom is -0.398 e. The van der Waals surface area contributed by atoms with Gasteiger partial charge in [0.25, 0.3) is 5.91 Å². The molecule has 0 bridgehead atoms. The number of carbonyl (C=O) groups excluding carboxylic acids is 1. The van der Waals surface area contributed by atoms with Gasteiger partial charge in [-0.1, -0.05) is 24.3 Å². The molecule has 28 heavy (non-hydrogen) atoms. The molecule has 1 amide bonds. The largest absolute Gasteiger partial charge is 0.398 e. The summed E-state index contributed by atoms with van der Waals surface area (Å²) < 4.78 is 28.1. The predicted molar refractivity (Wildman–Crippen MR) is 112 cm³/mol. The molecule has 1 heterocycles. The van der Waals surface area contributed by atoms with Crippen LogP contribution in [0.4, 0.5) is 17.1 Å². The molecule has 0 spiro atoms. The summed E-state index contributed by atoms with van der Waals surface area (Å²) in [5.74, 6) is -0.277. The molecule has 3 aromatic carbocycles. The third-order valence-corrected chi connectivity index (χ3v) is 6.28. The second kappa shape index (κ2) is 7.14. The second-order valence-corrected chi connectivity index (χ2v) is 8.25. The third-order valence-electron chi connectivity index (χ3n) is 4.73. The van der Waals surface area contributed by atoms with Gasteiger partial charge in [-0.25, -0.2) is 0 Å². The molecule has 1 fully saturated rings. The number of hydrogen-bond donors (Lipinski definition) is 3. The summed E-state index contributed by atoms with van der Waals surface area (Å²) in [7, 11) is -3.52. The van der Waals surface area contributed by atoms with Crippen molar-refractivity contribution in [3.8, 4) is 0 Å². The van der Waals surface area contributed by atoms with E-state index in [1.807, 2.05) is 36.4 Å². The Morgan fingerprint density at radius 3 is 2.46 bits per heavy atom. The van der Waals surface area contributed by atoms with E-state index in [0.29, 0.717) is 35.7 Å². The maximum absolute atomic E-state index is 12.7. The zero-order chi connectivity index (χ0) is 19.7. The number of nitrogen functional groups attached to an aromatic ring is 1. The average Bonchev–Trinajstić information content (AvgIpc) is 2.69. The first-order valence-electron chi connectivity index (χ1n) is 8.92. The molecule has 1 saturated heterocycles. The van der Waals surface area contributed by atoms with Gasteiger partial charge < -0.3 is 11.1 Å². The van der Waals surface area contributed by atoms with Crippen molar-refractivity contribution in [2.45, 2.75) is 6.42 Å². The standard InChI is InChI=1S/C20H20N4O3S/c21-18-6-1-5-17-16(18)4-2-7-19(17)23-20(25)14-8-10-15(11-9-14)24-13-3-12-22-28(24,26)27/h1-2,4-11,22H,3,12-13,21H2,(H,23,25). The van der Waals surface area contributed by atoms with Crippen LogP contribution in [0, 0.1) is 0 Å². The second-order valence-electron chi connectivity index (χ2n) is 6.57. The van der Waals surface area contributed by atoms with Crippen LogP contribution < -0.4 is 20.1 Å². The highest BCUT2D eigenvalue weighted by atomic mass is 32.2. The normalized spacial score (nSPS) is 16.1. The molecule has 7 nitrogen and oxygen atoms in total. The van der Waals surface area contributed by atoms with Gasteiger partial charge in [0.05, 0.1) is 5.69 Å². The topological polar surface area (TPSA) is 105 Å². The Labute approximate surface area is 163 Å². The number of amides is 1. The summed E-state index contributed by atoms with van der Waals surface area (Å²) in [5.41, 5.74) is 8.29. The molecule has 0 atom stereocenters. The van der Waals surface area contributed by atoms with Gasteiger partial charge in [0.15, 0.2) is 0 Å². The lowest BCUT2D eigenvalue weighted by molar-refractivity contribution is 0.102. The SMILES string of the molecule is Nc1cccc2c(NC(=O)c3ccc(N4CCCNS4(=O)=O)cc3)cccc12.